The maximum atomic E-state index is 13.1. The SMILES string of the molecule is COCCNC(=O)c1ccccc1NC(=O)CCCN(c1ccc(F)cc1)S(C)(=O)=O. The number of rotatable bonds is 11. The number of halogens is 1. The zero-order valence-electron chi connectivity index (χ0n) is 17.4. The molecule has 0 fully saturated rings. The molecule has 2 amide bonds. The highest BCUT2D eigenvalue weighted by atomic mass is 32.2. The van der Waals surface area contributed by atoms with Crippen molar-refractivity contribution in [1.29, 1.82) is 0 Å². The molecular weight excluding hydrogens is 425 g/mol. The van der Waals surface area contributed by atoms with Crippen molar-refractivity contribution in [3.63, 3.8) is 0 Å². The van der Waals surface area contributed by atoms with Crippen LogP contribution in [0.2, 0.25) is 0 Å². The Balaban J connectivity index is 1.97. The molecule has 31 heavy (non-hydrogen) atoms. The van der Waals surface area contributed by atoms with Crippen LogP contribution < -0.4 is 14.9 Å². The summed E-state index contributed by atoms with van der Waals surface area (Å²) >= 11 is 0. The fourth-order valence-electron chi connectivity index (χ4n) is 2.84. The summed E-state index contributed by atoms with van der Waals surface area (Å²) in [4.78, 5) is 24.7. The van der Waals surface area contributed by atoms with Crippen LogP contribution in [0.25, 0.3) is 0 Å². The summed E-state index contributed by atoms with van der Waals surface area (Å²) in [6.07, 6.45) is 1.32. The number of hydrogen-bond acceptors (Lipinski definition) is 5. The molecule has 0 spiro atoms. The van der Waals surface area contributed by atoms with Gasteiger partial charge in [0, 0.05) is 26.6 Å². The lowest BCUT2D eigenvalue weighted by atomic mass is 10.1. The van der Waals surface area contributed by atoms with E-state index in [1.54, 1.807) is 24.3 Å². The van der Waals surface area contributed by atoms with Gasteiger partial charge in [-0.2, -0.15) is 0 Å². The van der Waals surface area contributed by atoms with Crippen molar-refractivity contribution < 1.29 is 27.1 Å². The van der Waals surface area contributed by atoms with Gasteiger partial charge in [-0.15, -0.1) is 0 Å². The molecule has 8 nitrogen and oxygen atoms in total. The molecule has 0 aliphatic rings. The number of amides is 2. The predicted octanol–water partition coefficient (Wildman–Crippen LogP) is 2.39. The molecule has 0 unspecified atom stereocenters. The molecule has 0 heterocycles. The molecule has 10 heteroatoms. The zero-order chi connectivity index (χ0) is 22.9. The minimum Gasteiger partial charge on any atom is -0.383 e. The number of carbonyl (C=O) groups excluding carboxylic acids is 2. The first kappa shape index (κ1) is 24.3. The van der Waals surface area contributed by atoms with Crippen LogP contribution in [0.1, 0.15) is 23.2 Å². The molecule has 0 radical (unpaired) electrons. The van der Waals surface area contributed by atoms with Gasteiger partial charge in [0.2, 0.25) is 15.9 Å². The number of sulfonamides is 1. The third kappa shape index (κ3) is 7.65. The Hall–Kier alpha value is -2.98. The number of ether oxygens (including phenoxy) is 1. The third-order valence-electron chi connectivity index (χ3n) is 4.32. The van der Waals surface area contributed by atoms with Crippen molar-refractivity contribution in [3.8, 4) is 0 Å². The van der Waals surface area contributed by atoms with Crippen molar-refractivity contribution in [2.24, 2.45) is 0 Å². The monoisotopic (exact) mass is 451 g/mol. The molecule has 2 N–H and O–H groups in total. The van der Waals surface area contributed by atoms with Crippen LogP contribution in [0.3, 0.4) is 0 Å². The highest BCUT2D eigenvalue weighted by molar-refractivity contribution is 7.92. The molecule has 2 aromatic carbocycles. The molecule has 0 bridgehead atoms. The first-order chi connectivity index (χ1) is 14.7. The second-order valence-corrected chi connectivity index (χ2v) is 8.66. The normalized spacial score (nSPS) is 11.1. The average molecular weight is 452 g/mol. The number of benzene rings is 2. The summed E-state index contributed by atoms with van der Waals surface area (Å²) < 4.78 is 43.3. The summed E-state index contributed by atoms with van der Waals surface area (Å²) in [6.45, 7) is 0.754. The lowest BCUT2D eigenvalue weighted by Crippen LogP contribution is -2.31. The number of methoxy groups -OCH3 is 1. The number of para-hydroxylation sites is 1. The van der Waals surface area contributed by atoms with Crippen LogP contribution in [0.15, 0.2) is 48.5 Å². The molecule has 0 aliphatic carbocycles. The molecule has 2 aromatic rings. The Morgan fingerprint density at radius 2 is 1.77 bits per heavy atom. The summed E-state index contributed by atoms with van der Waals surface area (Å²) in [6, 6.07) is 11.7. The zero-order valence-corrected chi connectivity index (χ0v) is 18.2. The lowest BCUT2D eigenvalue weighted by molar-refractivity contribution is -0.116. The van der Waals surface area contributed by atoms with Crippen molar-refractivity contribution in [2.75, 3.05) is 42.7 Å². The molecule has 0 saturated heterocycles. The van der Waals surface area contributed by atoms with Crippen LogP contribution >= 0.6 is 0 Å². The first-order valence-electron chi connectivity index (χ1n) is 9.61. The largest absolute Gasteiger partial charge is 0.383 e. The quantitative estimate of drug-likeness (QED) is 0.511. The van der Waals surface area contributed by atoms with Crippen molar-refractivity contribution >= 4 is 33.2 Å². The molecule has 2 rings (SSSR count). The minimum atomic E-state index is -3.60. The second-order valence-electron chi connectivity index (χ2n) is 6.76. The van der Waals surface area contributed by atoms with E-state index >= 15 is 0 Å². The van der Waals surface area contributed by atoms with Gasteiger partial charge in [-0.3, -0.25) is 13.9 Å². The Labute approximate surface area is 181 Å². The predicted molar refractivity (Wildman–Crippen MR) is 117 cm³/mol. The summed E-state index contributed by atoms with van der Waals surface area (Å²) in [5.74, 6) is -1.17. The number of nitrogens with one attached hydrogen (secondary N) is 2. The maximum Gasteiger partial charge on any atom is 0.253 e. The first-order valence-corrected chi connectivity index (χ1v) is 11.5. The van der Waals surface area contributed by atoms with E-state index in [9.17, 15) is 22.4 Å². The summed E-state index contributed by atoms with van der Waals surface area (Å²) in [7, 11) is -2.07. The highest BCUT2D eigenvalue weighted by Crippen LogP contribution is 2.19. The van der Waals surface area contributed by atoms with Gasteiger partial charge in [0.25, 0.3) is 5.91 Å². The molecular formula is C21H26FN3O5S. The van der Waals surface area contributed by atoms with Gasteiger partial charge in [-0.1, -0.05) is 12.1 Å². The van der Waals surface area contributed by atoms with Gasteiger partial charge in [0.05, 0.1) is 29.8 Å². The highest BCUT2D eigenvalue weighted by Gasteiger charge is 2.18. The maximum absolute atomic E-state index is 13.1. The topological polar surface area (TPSA) is 105 Å². The van der Waals surface area contributed by atoms with Crippen molar-refractivity contribution in [1.82, 2.24) is 5.32 Å². The van der Waals surface area contributed by atoms with Crippen LogP contribution in [-0.4, -0.2) is 53.3 Å². The Bertz CT molecular complexity index is 996. The molecule has 0 aromatic heterocycles. The van der Waals surface area contributed by atoms with Crippen LogP contribution in [0.5, 0.6) is 0 Å². The van der Waals surface area contributed by atoms with E-state index in [4.69, 9.17) is 4.74 Å². The van der Waals surface area contributed by atoms with Crippen LogP contribution in [-0.2, 0) is 19.6 Å². The number of anilines is 2. The van der Waals surface area contributed by atoms with Gasteiger partial charge < -0.3 is 15.4 Å². The standard InChI is InChI=1S/C21H26FN3O5S/c1-30-15-13-23-21(27)18-6-3-4-7-19(18)24-20(26)8-5-14-25(31(2,28)29)17-11-9-16(22)10-12-17/h3-4,6-7,9-12H,5,8,13-15H2,1-2H3,(H,23,27)(H,24,26). The molecule has 168 valence electrons. The molecule has 0 saturated carbocycles. The van der Waals surface area contributed by atoms with Crippen molar-refractivity contribution in [3.05, 3.63) is 59.9 Å². The van der Waals surface area contributed by atoms with E-state index in [0.717, 1.165) is 10.6 Å². The number of hydrogen-bond donors (Lipinski definition) is 2. The Kier molecular flexibility index (Phi) is 8.95. The van der Waals surface area contributed by atoms with Gasteiger partial charge in [0.1, 0.15) is 5.82 Å². The lowest BCUT2D eigenvalue weighted by Gasteiger charge is -2.22. The summed E-state index contributed by atoms with van der Waals surface area (Å²) in [5.41, 5.74) is 0.999. The third-order valence-corrected chi connectivity index (χ3v) is 5.51. The molecule has 0 aliphatic heterocycles. The Morgan fingerprint density at radius 3 is 2.42 bits per heavy atom. The number of nitrogens with zero attached hydrogens (tertiary/aromatic N) is 1. The van der Waals surface area contributed by atoms with Crippen LogP contribution in [0, 0.1) is 5.82 Å². The molecule has 0 atom stereocenters. The van der Waals surface area contributed by atoms with E-state index in [0.29, 0.717) is 30.1 Å². The van der Waals surface area contributed by atoms with E-state index in [2.05, 4.69) is 10.6 Å². The van der Waals surface area contributed by atoms with E-state index in [1.165, 1.54) is 31.4 Å². The fourth-order valence-corrected chi connectivity index (χ4v) is 3.81. The van der Waals surface area contributed by atoms with E-state index in [1.807, 2.05) is 0 Å². The van der Waals surface area contributed by atoms with Gasteiger partial charge in [-0.25, -0.2) is 12.8 Å². The van der Waals surface area contributed by atoms with Crippen molar-refractivity contribution in [2.45, 2.75) is 12.8 Å². The summed E-state index contributed by atoms with van der Waals surface area (Å²) in [5, 5.41) is 5.39. The van der Waals surface area contributed by atoms with Gasteiger partial charge in [0.15, 0.2) is 0 Å². The second kappa shape index (κ2) is 11.4. The van der Waals surface area contributed by atoms with E-state index in [-0.39, 0.29) is 31.2 Å². The average Bonchev–Trinajstić information content (AvgIpc) is 2.72. The van der Waals surface area contributed by atoms with Gasteiger partial charge in [-0.05, 0) is 42.8 Å². The minimum absolute atomic E-state index is 0.0346. The Morgan fingerprint density at radius 1 is 1.10 bits per heavy atom. The van der Waals surface area contributed by atoms with Crippen LogP contribution in [0.4, 0.5) is 15.8 Å². The van der Waals surface area contributed by atoms with E-state index < -0.39 is 15.8 Å². The fraction of sp³-hybridized carbons (Fsp3) is 0.333. The number of carbonyl (C=O) groups is 2. The van der Waals surface area contributed by atoms with Gasteiger partial charge >= 0.3 is 0 Å². The smallest absolute Gasteiger partial charge is 0.253 e.